The number of alkyl halides is 1. The lowest BCUT2D eigenvalue weighted by Crippen LogP contribution is -2.10. The van der Waals surface area contributed by atoms with E-state index in [1.807, 2.05) is 44.2 Å². The third-order valence-electron chi connectivity index (χ3n) is 4.48. The molecule has 0 aromatic heterocycles. The van der Waals surface area contributed by atoms with Crippen molar-refractivity contribution in [2.75, 3.05) is 5.33 Å². The number of aryl methyl sites for hydroxylation is 2. The van der Waals surface area contributed by atoms with Crippen LogP contribution in [0.3, 0.4) is 0 Å². The molecule has 156 valence electrons. The first kappa shape index (κ1) is 22.5. The van der Waals surface area contributed by atoms with Crippen LogP contribution < -0.4 is 0 Å². The Morgan fingerprint density at radius 1 is 0.800 bits per heavy atom. The van der Waals surface area contributed by atoms with Gasteiger partial charge in [-0.2, -0.15) is 8.42 Å². The molecule has 0 heterocycles. The van der Waals surface area contributed by atoms with Crippen molar-refractivity contribution in [3.05, 3.63) is 100 Å². The molecule has 7 heteroatoms. The lowest BCUT2D eigenvalue weighted by atomic mass is 10.2. The number of rotatable bonds is 6. The van der Waals surface area contributed by atoms with Crippen molar-refractivity contribution in [1.29, 1.82) is 0 Å². The van der Waals surface area contributed by atoms with Gasteiger partial charge in [0, 0.05) is 10.2 Å². The summed E-state index contributed by atoms with van der Waals surface area (Å²) in [6.45, 7) is 3.78. The lowest BCUT2D eigenvalue weighted by molar-refractivity contribution is 0.598. The molecule has 0 aliphatic carbocycles. The molecule has 0 spiro atoms. The molecule has 0 aliphatic heterocycles. The second kappa shape index (κ2) is 9.29. The Hall–Kier alpha value is -2.22. The summed E-state index contributed by atoms with van der Waals surface area (Å²) in [6, 6.07) is 22.7. The first-order valence-electron chi connectivity index (χ1n) is 9.23. The van der Waals surface area contributed by atoms with E-state index in [9.17, 15) is 12.6 Å². The SMILES string of the molecule is Cc1ccc(S(=O)(=O)N=[S@](=O)(/C(=C/c2ccccc2)CBr)c2ccc(C)cc2)cc1. The van der Waals surface area contributed by atoms with Gasteiger partial charge in [-0.05, 0) is 49.8 Å². The van der Waals surface area contributed by atoms with Crippen LogP contribution in [-0.2, 0) is 19.8 Å². The second-order valence-corrected chi connectivity index (χ2v) is 11.5. The molecule has 0 radical (unpaired) electrons. The Kier molecular flexibility index (Phi) is 6.95. The van der Waals surface area contributed by atoms with Crippen LogP contribution in [0.2, 0.25) is 0 Å². The molecule has 0 saturated heterocycles. The van der Waals surface area contributed by atoms with Crippen LogP contribution in [0.25, 0.3) is 6.08 Å². The smallest absolute Gasteiger partial charge is 0.239 e. The second-order valence-electron chi connectivity index (χ2n) is 6.86. The quantitative estimate of drug-likeness (QED) is 0.390. The Labute approximate surface area is 187 Å². The molecule has 4 nitrogen and oxygen atoms in total. The minimum absolute atomic E-state index is 0.0153. The highest BCUT2D eigenvalue weighted by Gasteiger charge is 2.24. The summed E-state index contributed by atoms with van der Waals surface area (Å²) >= 11 is 3.39. The zero-order valence-electron chi connectivity index (χ0n) is 16.7. The highest BCUT2D eigenvalue weighted by Crippen LogP contribution is 2.29. The summed E-state index contributed by atoms with van der Waals surface area (Å²) in [5.41, 5.74) is 2.72. The molecule has 3 aromatic carbocycles. The number of sulfonamides is 1. The van der Waals surface area contributed by atoms with Crippen molar-refractivity contribution in [3.8, 4) is 0 Å². The van der Waals surface area contributed by atoms with Crippen LogP contribution in [-0.4, -0.2) is 18.0 Å². The van der Waals surface area contributed by atoms with E-state index in [-0.39, 0.29) is 10.2 Å². The Balaban J connectivity index is 2.28. The van der Waals surface area contributed by atoms with Gasteiger partial charge in [0.25, 0.3) is 10.0 Å². The summed E-state index contributed by atoms with van der Waals surface area (Å²) in [5, 5.41) is 0.210. The highest BCUT2D eigenvalue weighted by atomic mass is 79.9. The van der Waals surface area contributed by atoms with Gasteiger partial charge >= 0.3 is 0 Å². The van der Waals surface area contributed by atoms with Crippen molar-refractivity contribution in [1.82, 2.24) is 0 Å². The largest absolute Gasteiger partial charge is 0.290 e. The van der Waals surface area contributed by atoms with Crippen LogP contribution in [0.15, 0.2) is 97.3 Å². The van der Waals surface area contributed by atoms with Crippen molar-refractivity contribution in [2.24, 2.45) is 3.77 Å². The number of nitrogens with zero attached hydrogens (tertiary/aromatic N) is 1. The normalized spacial score (nSPS) is 14.2. The summed E-state index contributed by atoms with van der Waals surface area (Å²) in [5.74, 6) is 0. The van der Waals surface area contributed by atoms with Crippen molar-refractivity contribution < 1.29 is 12.6 Å². The average Bonchev–Trinajstić information content (AvgIpc) is 2.73. The average molecular weight is 504 g/mol. The maximum Gasteiger partial charge on any atom is 0.290 e. The first-order valence-corrected chi connectivity index (χ1v) is 13.3. The highest BCUT2D eigenvalue weighted by molar-refractivity contribution is 9.09. The van der Waals surface area contributed by atoms with Gasteiger partial charge in [-0.15, -0.1) is 0 Å². The topological polar surface area (TPSA) is 63.6 Å². The van der Waals surface area contributed by atoms with Crippen LogP contribution in [0.4, 0.5) is 0 Å². The molecule has 0 bridgehead atoms. The lowest BCUT2D eigenvalue weighted by Gasteiger charge is -2.14. The van der Waals surface area contributed by atoms with Crippen molar-refractivity contribution in [3.63, 3.8) is 0 Å². The van der Waals surface area contributed by atoms with E-state index in [1.54, 1.807) is 42.5 Å². The van der Waals surface area contributed by atoms with E-state index >= 15 is 0 Å². The van der Waals surface area contributed by atoms with E-state index < -0.39 is 19.8 Å². The predicted molar refractivity (Wildman–Crippen MR) is 127 cm³/mol. The van der Waals surface area contributed by atoms with Gasteiger partial charge in [0.05, 0.1) is 9.79 Å². The Bertz CT molecular complexity index is 1270. The van der Waals surface area contributed by atoms with Gasteiger partial charge in [-0.3, -0.25) is 0 Å². The van der Waals surface area contributed by atoms with E-state index in [0.29, 0.717) is 9.80 Å². The van der Waals surface area contributed by atoms with Crippen molar-refractivity contribution in [2.45, 2.75) is 23.6 Å². The summed E-state index contributed by atoms with van der Waals surface area (Å²) in [6.07, 6.45) is 1.73. The fraction of sp³-hybridized carbons (Fsp3) is 0.130. The molecule has 0 unspecified atom stereocenters. The number of hydrogen-bond acceptors (Lipinski definition) is 3. The van der Waals surface area contributed by atoms with Crippen LogP contribution >= 0.6 is 15.9 Å². The van der Waals surface area contributed by atoms with Gasteiger partial charge in [0.2, 0.25) is 0 Å². The predicted octanol–water partition coefficient (Wildman–Crippen LogP) is 5.96. The summed E-state index contributed by atoms with van der Waals surface area (Å²) in [7, 11) is -7.59. The van der Waals surface area contributed by atoms with E-state index in [2.05, 4.69) is 19.7 Å². The third kappa shape index (κ3) is 5.09. The zero-order valence-corrected chi connectivity index (χ0v) is 19.9. The van der Waals surface area contributed by atoms with Gasteiger partial charge in [0.15, 0.2) is 0 Å². The number of benzene rings is 3. The Morgan fingerprint density at radius 3 is 1.80 bits per heavy atom. The maximum atomic E-state index is 14.2. The maximum absolute atomic E-state index is 14.2. The van der Waals surface area contributed by atoms with Gasteiger partial charge in [-0.1, -0.05) is 85.4 Å². The molecule has 0 N–H and O–H groups in total. The minimum atomic E-state index is -4.15. The molecule has 3 rings (SSSR count). The monoisotopic (exact) mass is 503 g/mol. The minimum Gasteiger partial charge on any atom is -0.239 e. The van der Waals surface area contributed by atoms with Crippen LogP contribution in [0.1, 0.15) is 16.7 Å². The standard InChI is InChI=1S/C23H22BrNO3S2/c1-18-8-12-21(13-9-18)29(26,23(17-24)16-20-6-4-3-5-7-20)25-30(27,28)22-14-10-19(2)11-15-22/h3-16H,17H2,1-2H3/b23-16+/t29-/m1/s1. The van der Waals surface area contributed by atoms with Gasteiger partial charge in [-0.25, -0.2) is 4.21 Å². The number of halogens is 1. The molecular formula is C23H22BrNO3S2. The molecule has 0 amide bonds. The summed E-state index contributed by atoms with van der Waals surface area (Å²) < 4.78 is 44.4. The molecule has 0 fully saturated rings. The van der Waals surface area contributed by atoms with E-state index in [0.717, 1.165) is 16.7 Å². The third-order valence-corrected chi connectivity index (χ3v) is 9.83. The van der Waals surface area contributed by atoms with E-state index in [4.69, 9.17) is 0 Å². The van der Waals surface area contributed by atoms with Crippen molar-refractivity contribution >= 4 is 41.8 Å². The molecule has 3 aromatic rings. The molecule has 0 saturated carbocycles. The van der Waals surface area contributed by atoms with Gasteiger partial charge < -0.3 is 0 Å². The van der Waals surface area contributed by atoms with E-state index in [1.165, 1.54) is 12.1 Å². The van der Waals surface area contributed by atoms with Crippen LogP contribution in [0.5, 0.6) is 0 Å². The molecule has 0 aliphatic rings. The summed E-state index contributed by atoms with van der Waals surface area (Å²) in [4.78, 5) is 0.750. The number of allylic oxidation sites excluding steroid dienone is 1. The zero-order chi connectivity index (χ0) is 21.8. The molecular weight excluding hydrogens is 482 g/mol. The fourth-order valence-corrected chi connectivity index (χ4v) is 7.79. The Morgan fingerprint density at radius 2 is 1.30 bits per heavy atom. The fourth-order valence-electron chi connectivity index (χ4n) is 2.78. The molecule has 30 heavy (non-hydrogen) atoms. The van der Waals surface area contributed by atoms with Gasteiger partial charge in [0.1, 0.15) is 9.73 Å². The molecule has 1 atom stereocenters. The van der Waals surface area contributed by atoms with Crippen LogP contribution in [0, 0.1) is 13.8 Å². The number of hydrogen-bond donors (Lipinski definition) is 0. The first-order chi connectivity index (χ1) is 14.2.